The van der Waals surface area contributed by atoms with Crippen LogP contribution in [0.5, 0.6) is 0 Å². The van der Waals surface area contributed by atoms with Gasteiger partial charge in [0.2, 0.25) is 0 Å². The first-order valence-corrected chi connectivity index (χ1v) is 7.92. The van der Waals surface area contributed by atoms with Crippen LogP contribution < -0.4 is 5.32 Å². The number of aliphatic hydroxyl groups is 1. The van der Waals surface area contributed by atoms with Gasteiger partial charge in [-0.1, -0.05) is 30.3 Å². The Morgan fingerprint density at radius 2 is 2.00 bits per heavy atom. The first-order chi connectivity index (χ1) is 10.2. The highest BCUT2D eigenvalue weighted by Gasteiger charge is 2.45. The van der Waals surface area contributed by atoms with Crippen LogP contribution in [0.3, 0.4) is 0 Å². The Kier molecular flexibility index (Phi) is 4.60. The molecule has 2 fully saturated rings. The molecular weight excluding hydrogens is 266 g/mol. The number of rotatable bonds is 4. The van der Waals surface area contributed by atoms with E-state index in [-0.39, 0.29) is 18.6 Å². The molecular formula is C17H25NO3. The molecule has 4 heteroatoms. The summed E-state index contributed by atoms with van der Waals surface area (Å²) in [6.45, 7) is 3.71. The lowest BCUT2D eigenvalue weighted by molar-refractivity contribution is -0.194. The van der Waals surface area contributed by atoms with Crippen molar-refractivity contribution in [1.29, 1.82) is 0 Å². The monoisotopic (exact) mass is 291 g/mol. The summed E-state index contributed by atoms with van der Waals surface area (Å²) < 4.78 is 11.6. The Hall–Kier alpha value is -0.940. The molecule has 0 radical (unpaired) electrons. The molecule has 1 aromatic rings. The molecule has 4 nitrogen and oxygen atoms in total. The van der Waals surface area contributed by atoms with Crippen LogP contribution in [-0.2, 0) is 9.47 Å². The van der Waals surface area contributed by atoms with Crippen molar-refractivity contribution in [1.82, 2.24) is 5.32 Å². The molecule has 1 heterocycles. The molecule has 3 rings (SSSR count). The van der Waals surface area contributed by atoms with E-state index in [0.717, 1.165) is 19.3 Å². The number of benzene rings is 1. The summed E-state index contributed by atoms with van der Waals surface area (Å²) in [7, 11) is 0. The molecule has 0 amide bonds. The molecule has 3 atom stereocenters. The molecule has 1 saturated heterocycles. The molecule has 116 valence electrons. The fraction of sp³-hybridized carbons (Fsp3) is 0.647. The summed E-state index contributed by atoms with van der Waals surface area (Å²) >= 11 is 0. The van der Waals surface area contributed by atoms with Gasteiger partial charge in [-0.3, -0.25) is 0 Å². The van der Waals surface area contributed by atoms with Crippen molar-refractivity contribution in [2.75, 3.05) is 19.8 Å². The summed E-state index contributed by atoms with van der Waals surface area (Å²) in [6.07, 6.45) is 2.66. The maximum absolute atomic E-state index is 9.74. The SMILES string of the molecule is CC(N[C@@H]1CCC2(C[C@H]1CO)OCCO2)c1ccccc1. The smallest absolute Gasteiger partial charge is 0.168 e. The zero-order chi connectivity index (χ0) is 14.7. The summed E-state index contributed by atoms with van der Waals surface area (Å²) in [5.74, 6) is -0.246. The van der Waals surface area contributed by atoms with Crippen LogP contribution >= 0.6 is 0 Å². The molecule has 1 aliphatic carbocycles. The van der Waals surface area contributed by atoms with E-state index in [4.69, 9.17) is 9.47 Å². The van der Waals surface area contributed by atoms with Crippen molar-refractivity contribution in [3.63, 3.8) is 0 Å². The lowest BCUT2D eigenvalue weighted by atomic mass is 9.80. The second-order valence-corrected chi connectivity index (χ2v) is 6.20. The fourth-order valence-corrected chi connectivity index (χ4v) is 3.58. The van der Waals surface area contributed by atoms with E-state index in [2.05, 4.69) is 36.5 Å². The quantitative estimate of drug-likeness (QED) is 0.893. The Labute approximate surface area is 126 Å². The van der Waals surface area contributed by atoms with E-state index in [1.54, 1.807) is 0 Å². The minimum Gasteiger partial charge on any atom is -0.396 e. The van der Waals surface area contributed by atoms with Crippen molar-refractivity contribution in [3.05, 3.63) is 35.9 Å². The zero-order valence-electron chi connectivity index (χ0n) is 12.6. The number of nitrogens with one attached hydrogen (secondary N) is 1. The largest absolute Gasteiger partial charge is 0.396 e. The van der Waals surface area contributed by atoms with E-state index in [0.29, 0.717) is 19.3 Å². The predicted molar refractivity (Wildman–Crippen MR) is 80.8 cm³/mol. The topological polar surface area (TPSA) is 50.7 Å². The second kappa shape index (κ2) is 6.44. The van der Waals surface area contributed by atoms with Crippen molar-refractivity contribution >= 4 is 0 Å². The van der Waals surface area contributed by atoms with E-state index < -0.39 is 5.79 Å². The molecule has 2 N–H and O–H groups in total. The van der Waals surface area contributed by atoms with Crippen LogP contribution in [0.25, 0.3) is 0 Å². The van der Waals surface area contributed by atoms with E-state index in [1.165, 1.54) is 5.56 Å². The highest BCUT2D eigenvalue weighted by atomic mass is 16.7. The van der Waals surface area contributed by atoms with Gasteiger partial charge >= 0.3 is 0 Å². The highest BCUT2D eigenvalue weighted by molar-refractivity contribution is 5.18. The number of ether oxygens (including phenoxy) is 2. The highest BCUT2D eigenvalue weighted by Crippen LogP contribution is 2.39. The average Bonchev–Trinajstić information content (AvgIpc) is 2.98. The maximum Gasteiger partial charge on any atom is 0.168 e. The van der Waals surface area contributed by atoms with Gasteiger partial charge in [0.05, 0.1) is 13.2 Å². The Morgan fingerprint density at radius 1 is 1.29 bits per heavy atom. The van der Waals surface area contributed by atoms with Gasteiger partial charge in [0.1, 0.15) is 0 Å². The molecule has 1 spiro atoms. The molecule has 1 aliphatic heterocycles. The van der Waals surface area contributed by atoms with Crippen molar-refractivity contribution in [2.24, 2.45) is 5.92 Å². The van der Waals surface area contributed by atoms with Gasteiger partial charge in [0.25, 0.3) is 0 Å². The first kappa shape index (κ1) is 15.0. The van der Waals surface area contributed by atoms with Gasteiger partial charge in [-0.15, -0.1) is 0 Å². The van der Waals surface area contributed by atoms with Crippen molar-refractivity contribution < 1.29 is 14.6 Å². The third-order valence-corrected chi connectivity index (χ3v) is 4.79. The molecule has 2 aliphatic rings. The van der Waals surface area contributed by atoms with E-state index >= 15 is 0 Å². The van der Waals surface area contributed by atoms with Crippen LogP contribution in [0, 0.1) is 5.92 Å². The van der Waals surface area contributed by atoms with Gasteiger partial charge in [-0.2, -0.15) is 0 Å². The van der Waals surface area contributed by atoms with Crippen molar-refractivity contribution in [2.45, 2.75) is 44.1 Å². The molecule has 0 aromatic heterocycles. The summed E-state index contributed by atoms with van der Waals surface area (Å²) in [4.78, 5) is 0. The van der Waals surface area contributed by atoms with Crippen molar-refractivity contribution in [3.8, 4) is 0 Å². The first-order valence-electron chi connectivity index (χ1n) is 7.92. The van der Waals surface area contributed by atoms with Crippen LogP contribution in [0.15, 0.2) is 30.3 Å². The normalized spacial score (nSPS) is 29.6. The number of hydrogen-bond donors (Lipinski definition) is 2. The summed E-state index contributed by atoms with van der Waals surface area (Å²) in [5, 5.41) is 13.4. The molecule has 1 saturated carbocycles. The number of aliphatic hydroxyl groups excluding tert-OH is 1. The minimum absolute atomic E-state index is 0.174. The second-order valence-electron chi connectivity index (χ2n) is 6.20. The molecule has 1 unspecified atom stereocenters. The summed E-state index contributed by atoms with van der Waals surface area (Å²) in [5.41, 5.74) is 1.28. The lowest BCUT2D eigenvalue weighted by Crippen LogP contribution is -2.49. The third kappa shape index (κ3) is 3.29. The predicted octanol–water partition coefficient (Wildman–Crippen LogP) is 2.24. The van der Waals surface area contributed by atoms with Gasteiger partial charge in [-0.25, -0.2) is 0 Å². The van der Waals surface area contributed by atoms with E-state index in [1.807, 2.05) is 6.07 Å². The minimum atomic E-state index is -0.429. The van der Waals surface area contributed by atoms with Crippen LogP contribution in [-0.4, -0.2) is 36.8 Å². The van der Waals surface area contributed by atoms with Crippen LogP contribution in [0.2, 0.25) is 0 Å². The van der Waals surface area contributed by atoms with Gasteiger partial charge < -0.3 is 19.9 Å². The lowest BCUT2D eigenvalue weighted by Gasteiger charge is -2.41. The number of hydrogen-bond acceptors (Lipinski definition) is 4. The Balaban J connectivity index is 1.63. The van der Waals surface area contributed by atoms with Gasteiger partial charge in [0, 0.05) is 37.5 Å². The average molecular weight is 291 g/mol. The van der Waals surface area contributed by atoms with Crippen LogP contribution in [0.1, 0.15) is 37.8 Å². The third-order valence-electron chi connectivity index (χ3n) is 4.79. The molecule has 0 bridgehead atoms. The summed E-state index contributed by atoms with van der Waals surface area (Å²) in [6, 6.07) is 11.0. The van der Waals surface area contributed by atoms with Gasteiger partial charge in [-0.05, 0) is 18.9 Å². The standard InChI is InChI=1S/C17H25NO3/c1-13(14-5-3-2-4-6-14)18-16-7-8-17(11-15(16)12-19)20-9-10-21-17/h2-6,13,15-16,18-19H,7-12H2,1H3/t13?,15-,16+/m0/s1. The van der Waals surface area contributed by atoms with Gasteiger partial charge in [0.15, 0.2) is 5.79 Å². The Bertz CT molecular complexity index is 445. The molecule has 1 aromatic carbocycles. The zero-order valence-corrected chi connectivity index (χ0v) is 12.6. The van der Waals surface area contributed by atoms with Crippen LogP contribution in [0.4, 0.5) is 0 Å². The van der Waals surface area contributed by atoms with E-state index in [9.17, 15) is 5.11 Å². The fourth-order valence-electron chi connectivity index (χ4n) is 3.58. The Morgan fingerprint density at radius 3 is 2.67 bits per heavy atom. The molecule has 21 heavy (non-hydrogen) atoms. The maximum atomic E-state index is 9.74.